The smallest absolute Gasteiger partial charge is 0.325 e. The monoisotopic (exact) mass is 294 g/mol. The summed E-state index contributed by atoms with van der Waals surface area (Å²) in [5, 5.41) is 19.8. The summed E-state index contributed by atoms with van der Waals surface area (Å²) in [7, 11) is 0. The van der Waals surface area contributed by atoms with E-state index in [4.69, 9.17) is 16.6 Å². The van der Waals surface area contributed by atoms with Gasteiger partial charge < -0.3 is 21.5 Å². The molecular formula is C12H14N4O5. The molecule has 1 aliphatic heterocycles. The van der Waals surface area contributed by atoms with Gasteiger partial charge in [0, 0.05) is 25.2 Å². The summed E-state index contributed by atoms with van der Waals surface area (Å²) in [4.78, 5) is 34.3. The lowest BCUT2D eigenvalue weighted by Gasteiger charge is -2.23. The van der Waals surface area contributed by atoms with Crippen molar-refractivity contribution in [1.29, 1.82) is 0 Å². The highest BCUT2D eigenvalue weighted by atomic mass is 16.6. The zero-order valence-corrected chi connectivity index (χ0v) is 11.0. The van der Waals surface area contributed by atoms with E-state index in [1.165, 1.54) is 12.1 Å². The van der Waals surface area contributed by atoms with E-state index in [9.17, 15) is 19.7 Å². The van der Waals surface area contributed by atoms with Crippen LogP contribution in [0.4, 0.5) is 11.4 Å². The highest BCUT2D eigenvalue weighted by Crippen LogP contribution is 2.30. The number of carbonyl (C=O) groups is 2. The van der Waals surface area contributed by atoms with Gasteiger partial charge in [-0.3, -0.25) is 19.7 Å². The molecule has 1 saturated heterocycles. The minimum Gasteiger partial charge on any atom is -0.480 e. The predicted octanol–water partition coefficient (Wildman–Crippen LogP) is -0.314. The third kappa shape index (κ3) is 2.63. The van der Waals surface area contributed by atoms with Crippen LogP contribution in [0.1, 0.15) is 16.8 Å². The van der Waals surface area contributed by atoms with E-state index in [1.807, 2.05) is 0 Å². The van der Waals surface area contributed by atoms with Crippen LogP contribution in [0, 0.1) is 10.1 Å². The van der Waals surface area contributed by atoms with E-state index < -0.39 is 22.3 Å². The molecule has 1 aliphatic rings. The van der Waals surface area contributed by atoms with Gasteiger partial charge in [0.05, 0.1) is 16.2 Å². The van der Waals surface area contributed by atoms with Gasteiger partial charge in [-0.05, 0) is 12.5 Å². The number of hydrogen-bond donors (Lipinski definition) is 3. The molecule has 9 heteroatoms. The minimum absolute atomic E-state index is 0.000421. The summed E-state index contributed by atoms with van der Waals surface area (Å²) in [5.74, 6) is -1.95. The molecule has 1 amide bonds. The molecule has 0 bridgehead atoms. The second kappa shape index (κ2) is 5.02. The Bertz CT molecular complexity index is 632. The van der Waals surface area contributed by atoms with Crippen molar-refractivity contribution in [3.8, 4) is 0 Å². The molecule has 1 atom stereocenters. The summed E-state index contributed by atoms with van der Waals surface area (Å²) >= 11 is 0. The SMILES string of the molecule is NC(=O)c1cc([N+](=O)[O-])ccc1N1CCC(N)(C(=O)O)C1. The third-order valence-electron chi connectivity index (χ3n) is 3.52. The van der Waals surface area contributed by atoms with Gasteiger partial charge in [0.2, 0.25) is 0 Å². The van der Waals surface area contributed by atoms with Crippen molar-refractivity contribution in [3.05, 3.63) is 33.9 Å². The van der Waals surface area contributed by atoms with E-state index in [0.717, 1.165) is 6.07 Å². The number of amides is 1. The van der Waals surface area contributed by atoms with Crippen LogP contribution in [-0.2, 0) is 4.79 Å². The molecule has 2 rings (SSSR count). The van der Waals surface area contributed by atoms with Gasteiger partial charge in [0.1, 0.15) is 5.54 Å². The highest BCUT2D eigenvalue weighted by molar-refractivity contribution is 5.99. The standard InChI is InChI=1S/C12H14N4O5/c13-10(17)8-5-7(16(20)21)1-2-9(8)15-4-3-12(14,6-15)11(18)19/h1-2,5H,3-4,6,14H2,(H2,13,17)(H,18,19). The number of anilines is 1. The molecule has 0 spiro atoms. The Balaban J connectivity index is 2.39. The average Bonchev–Trinajstić information content (AvgIpc) is 2.82. The quantitative estimate of drug-likeness (QED) is 0.508. The molecule has 0 aliphatic carbocycles. The van der Waals surface area contributed by atoms with Crippen LogP contribution in [-0.4, -0.2) is 40.5 Å². The number of carboxylic acids is 1. The van der Waals surface area contributed by atoms with Crippen molar-refractivity contribution >= 4 is 23.3 Å². The fraction of sp³-hybridized carbons (Fsp3) is 0.333. The molecule has 1 unspecified atom stereocenters. The number of carboxylic acid groups (broad SMARTS) is 1. The summed E-state index contributed by atoms with van der Waals surface area (Å²) in [5.41, 5.74) is 9.66. The first kappa shape index (κ1) is 14.7. The topological polar surface area (TPSA) is 153 Å². The van der Waals surface area contributed by atoms with Crippen LogP contribution in [0.5, 0.6) is 0 Å². The molecule has 0 saturated carbocycles. The maximum absolute atomic E-state index is 11.5. The minimum atomic E-state index is -1.41. The molecule has 112 valence electrons. The molecule has 5 N–H and O–H groups in total. The second-order valence-electron chi connectivity index (χ2n) is 4.96. The van der Waals surface area contributed by atoms with E-state index in [2.05, 4.69) is 0 Å². The summed E-state index contributed by atoms with van der Waals surface area (Å²) in [6, 6.07) is 3.69. The first-order valence-electron chi connectivity index (χ1n) is 6.10. The number of nitrogens with zero attached hydrogens (tertiary/aromatic N) is 2. The Labute approximate surface area is 119 Å². The number of primary amides is 1. The van der Waals surface area contributed by atoms with Gasteiger partial charge in [-0.1, -0.05) is 0 Å². The zero-order chi connectivity index (χ0) is 15.8. The van der Waals surface area contributed by atoms with E-state index in [1.54, 1.807) is 4.90 Å². The largest absolute Gasteiger partial charge is 0.480 e. The first-order valence-corrected chi connectivity index (χ1v) is 6.10. The first-order chi connectivity index (χ1) is 9.74. The molecule has 1 heterocycles. The van der Waals surface area contributed by atoms with Crippen LogP contribution >= 0.6 is 0 Å². The Morgan fingerprint density at radius 1 is 1.43 bits per heavy atom. The number of nitro groups is 1. The molecule has 1 fully saturated rings. The molecule has 0 aromatic heterocycles. The number of rotatable bonds is 4. The Hall–Kier alpha value is -2.68. The Kier molecular flexibility index (Phi) is 3.52. The Morgan fingerprint density at radius 2 is 2.10 bits per heavy atom. The van der Waals surface area contributed by atoms with Crippen molar-refractivity contribution in [2.75, 3.05) is 18.0 Å². The maximum Gasteiger partial charge on any atom is 0.325 e. The molecule has 1 aromatic carbocycles. The van der Waals surface area contributed by atoms with Gasteiger partial charge in [-0.2, -0.15) is 0 Å². The lowest BCUT2D eigenvalue weighted by atomic mass is 10.0. The number of non-ortho nitro benzene ring substituents is 1. The lowest BCUT2D eigenvalue weighted by molar-refractivity contribution is -0.384. The third-order valence-corrected chi connectivity index (χ3v) is 3.52. The van der Waals surface area contributed by atoms with Crippen molar-refractivity contribution in [1.82, 2.24) is 0 Å². The zero-order valence-electron chi connectivity index (χ0n) is 11.0. The predicted molar refractivity (Wildman–Crippen MR) is 73.0 cm³/mol. The fourth-order valence-electron chi connectivity index (χ4n) is 2.32. The average molecular weight is 294 g/mol. The van der Waals surface area contributed by atoms with Crippen LogP contribution in [0.15, 0.2) is 18.2 Å². The molecule has 1 aromatic rings. The second-order valence-corrected chi connectivity index (χ2v) is 4.96. The number of hydrogen-bond acceptors (Lipinski definition) is 6. The van der Waals surface area contributed by atoms with Gasteiger partial charge in [-0.25, -0.2) is 0 Å². The molecule has 0 radical (unpaired) electrons. The van der Waals surface area contributed by atoms with E-state index in [0.29, 0.717) is 12.2 Å². The summed E-state index contributed by atoms with van der Waals surface area (Å²) in [6.07, 6.45) is 0.206. The number of nitro benzene ring substituents is 1. The van der Waals surface area contributed by atoms with Crippen molar-refractivity contribution in [2.45, 2.75) is 12.0 Å². The maximum atomic E-state index is 11.5. The fourth-order valence-corrected chi connectivity index (χ4v) is 2.32. The lowest BCUT2D eigenvalue weighted by Crippen LogP contribution is -2.50. The Morgan fingerprint density at radius 3 is 2.57 bits per heavy atom. The number of aliphatic carboxylic acids is 1. The van der Waals surface area contributed by atoms with Gasteiger partial charge in [0.25, 0.3) is 11.6 Å². The normalized spacial score (nSPS) is 21.3. The van der Waals surface area contributed by atoms with Crippen molar-refractivity contribution in [3.63, 3.8) is 0 Å². The number of nitrogens with two attached hydrogens (primary N) is 2. The number of benzene rings is 1. The summed E-state index contributed by atoms with van der Waals surface area (Å²) in [6.45, 7) is 0.321. The van der Waals surface area contributed by atoms with Crippen LogP contribution in [0.2, 0.25) is 0 Å². The van der Waals surface area contributed by atoms with Crippen molar-refractivity contribution in [2.24, 2.45) is 11.5 Å². The van der Waals surface area contributed by atoms with Gasteiger partial charge >= 0.3 is 5.97 Å². The van der Waals surface area contributed by atoms with E-state index >= 15 is 0 Å². The molecule has 9 nitrogen and oxygen atoms in total. The summed E-state index contributed by atoms with van der Waals surface area (Å²) < 4.78 is 0. The van der Waals surface area contributed by atoms with E-state index in [-0.39, 0.29) is 24.2 Å². The molecule has 21 heavy (non-hydrogen) atoms. The van der Waals surface area contributed by atoms with Crippen LogP contribution in [0.25, 0.3) is 0 Å². The van der Waals surface area contributed by atoms with Gasteiger partial charge in [-0.15, -0.1) is 0 Å². The van der Waals surface area contributed by atoms with Crippen LogP contribution in [0.3, 0.4) is 0 Å². The van der Waals surface area contributed by atoms with Crippen LogP contribution < -0.4 is 16.4 Å². The van der Waals surface area contributed by atoms with Gasteiger partial charge in [0.15, 0.2) is 0 Å². The number of carbonyl (C=O) groups excluding carboxylic acids is 1. The van der Waals surface area contributed by atoms with Crippen molar-refractivity contribution < 1.29 is 19.6 Å². The molecular weight excluding hydrogens is 280 g/mol. The highest BCUT2D eigenvalue weighted by Gasteiger charge is 2.42.